The highest BCUT2D eigenvalue weighted by molar-refractivity contribution is 7.25. The molecule has 3 heterocycles. The van der Waals surface area contributed by atoms with Gasteiger partial charge < -0.3 is 4.42 Å². The molecular formula is C45H27N3OS. The van der Waals surface area contributed by atoms with E-state index in [2.05, 4.69) is 140 Å². The Labute approximate surface area is 292 Å². The topological polar surface area (TPSA) is 51.8 Å². The number of furan rings is 1. The lowest BCUT2D eigenvalue weighted by Crippen LogP contribution is -2.00. The summed E-state index contributed by atoms with van der Waals surface area (Å²) >= 11 is 1.79. The average molecular weight is 658 g/mol. The van der Waals surface area contributed by atoms with Crippen molar-refractivity contribution in [2.24, 2.45) is 0 Å². The number of para-hydroxylation sites is 1. The Bertz CT molecular complexity index is 2860. The maximum Gasteiger partial charge on any atom is 0.164 e. The van der Waals surface area contributed by atoms with Crippen molar-refractivity contribution < 1.29 is 4.42 Å². The third kappa shape index (κ3) is 4.79. The van der Waals surface area contributed by atoms with Crippen molar-refractivity contribution in [3.05, 3.63) is 164 Å². The molecule has 3 aromatic heterocycles. The molecular weight excluding hydrogens is 631 g/mol. The molecule has 0 spiro atoms. The molecule has 10 aromatic rings. The molecule has 0 bridgehead atoms. The lowest BCUT2D eigenvalue weighted by Gasteiger charge is -2.12. The first kappa shape index (κ1) is 28.6. The molecule has 50 heavy (non-hydrogen) atoms. The summed E-state index contributed by atoms with van der Waals surface area (Å²) in [4.78, 5) is 15.6. The molecule has 0 fully saturated rings. The summed E-state index contributed by atoms with van der Waals surface area (Å²) in [5, 5.41) is 4.53. The van der Waals surface area contributed by atoms with Crippen molar-refractivity contribution in [1.82, 2.24) is 15.0 Å². The van der Waals surface area contributed by atoms with Gasteiger partial charge in [0.25, 0.3) is 0 Å². The SMILES string of the molecule is c1ccc(-c2ccc(-c3nc(-c4cc(-c5ccccc5)c5c(c4)oc4ccccc45)nc(-c4cccc5sc6ccccc6c45)n3)cc2)cc1. The third-order valence-corrected chi connectivity index (χ3v) is 10.5. The molecule has 5 heteroatoms. The smallest absolute Gasteiger partial charge is 0.164 e. The van der Waals surface area contributed by atoms with Crippen LogP contribution in [0.5, 0.6) is 0 Å². The second-order valence-corrected chi connectivity index (χ2v) is 13.5. The highest BCUT2D eigenvalue weighted by atomic mass is 32.1. The van der Waals surface area contributed by atoms with E-state index in [0.29, 0.717) is 17.5 Å². The molecule has 0 saturated heterocycles. The second kappa shape index (κ2) is 11.6. The first-order valence-corrected chi connectivity index (χ1v) is 17.4. The lowest BCUT2D eigenvalue weighted by atomic mass is 9.96. The van der Waals surface area contributed by atoms with Crippen LogP contribution in [0.4, 0.5) is 0 Å². The number of fused-ring (bicyclic) bond motifs is 6. The quantitative estimate of drug-likeness (QED) is 0.185. The summed E-state index contributed by atoms with van der Waals surface area (Å²) in [6.07, 6.45) is 0. The Morgan fingerprint density at radius 3 is 1.76 bits per heavy atom. The first-order chi connectivity index (χ1) is 24.8. The van der Waals surface area contributed by atoms with E-state index < -0.39 is 0 Å². The molecule has 4 nitrogen and oxygen atoms in total. The van der Waals surface area contributed by atoms with Gasteiger partial charge in [0.2, 0.25) is 0 Å². The van der Waals surface area contributed by atoms with Gasteiger partial charge in [-0.25, -0.2) is 15.0 Å². The minimum absolute atomic E-state index is 0.591. The van der Waals surface area contributed by atoms with Gasteiger partial charge in [-0.15, -0.1) is 11.3 Å². The zero-order chi connectivity index (χ0) is 33.0. The van der Waals surface area contributed by atoms with Crippen LogP contribution >= 0.6 is 11.3 Å². The minimum Gasteiger partial charge on any atom is -0.456 e. The number of benzene rings is 7. The summed E-state index contributed by atoms with van der Waals surface area (Å²) in [6, 6.07) is 56.8. The van der Waals surface area contributed by atoms with E-state index in [0.717, 1.165) is 60.7 Å². The standard InChI is InChI=1S/C45H27N3OS/c1-3-12-28(13-4-1)29-22-24-31(25-23-29)43-46-44(48-45(47-43)35-18-11-21-40-42(35)34-17-8-10-20-39(34)50-40)32-26-36(30-14-5-2-6-15-30)41-33-16-7-9-19-37(33)49-38(41)27-32/h1-27H. The highest BCUT2D eigenvalue weighted by Crippen LogP contribution is 2.42. The Morgan fingerprint density at radius 2 is 0.960 bits per heavy atom. The maximum atomic E-state index is 6.49. The molecule has 0 atom stereocenters. The number of aromatic nitrogens is 3. The van der Waals surface area contributed by atoms with E-state index in [9.17, 15) is 0 Å². The maximum absolute atomic E-state index is 6.49. The molecule has 234 valence electrons. The summed E-state index contributed by atoms with van der Waals surface area (Å²) in [6.45, 7) is 0. The number of nitrogens with zero attached hydrogens (tertiary/aromatic N) is 3. The summed E-state index contributed by atoms with van der Waals surface area (Å²) in [7, 11) is 0. The van der Waals surface area contributed by atoms with Crippen LogP contribution in [0.15, 0.2) is 168 Å². The van der Waals surface area contributed by atoms with Crippen LogP contribution in [0.3, 0.4) is 0 Å². The van der Waals surface area contributed by atoms with Crippen LogP contribution < -0.4 is 0 Å². The van der Waals surface area contributed by atoms with E-state index in [-0.39, 0.29) is 0 Å². The molecule has 0 aliphatic carbocycles. The fraction of sp³-hybridized carbons (Fsp3) is 0. The first-order valence-electron chi connectivity index (χ1n) is 16.6. The van der Waals surface area contributed by atoms with Crippen LogP contribution in [0.1, 0.15) is 0 Å². The van der Waals surface area contributed by atoms with Crippen molar-refractivity contribution in [3.63, 3.8) is 0 Å². The summed E-state index contributed by atoms with van der Waals surface area (Å²) < 4.78 is 8.93. The highest BCUT2D eigenvalue weighted by Gasteiger charge is 2.20. The molecule has 0 saturated carbocycles. The fourth-order valence-electron chi connectivity index (χ4n) is 6.99. The van der Waals surface area contributed by atoms with Gasteiger partial charge in [-0.2, -0.15) is 0 Å². The lowest BCUT2D eigenvalue weighted by molar-refractivity contribution is 0.669. The van der Waals surface area contributed by atoms with Crippen molar-refractivity contribution >= 4 is 53.4 Å². The minimum atomic E-state index is 0.591. The molecule has 0 N–H and O–H groups in total. The van der Waals surface area contributed by atoms with Crippen molar-refractivity contribution in [2.75, 3.05) is 0 Å². The predicted molar refractivity (Wildman–Crippen MR) is 207 cm³/mol. The molecule has 7 aromatic carbocycles. The van der Waals surface area contributed by atoms with E-state index in [1.54, 1.807) is 11.3 Å². The van der Waals surface area contributed by atoms with Gasteiger partial charge in [-0.3, -0.25) is 0 Å². The van der Waals surface area contributed by atoms with Crippen LogP contribution in [-0.2, 0) is 0 Å². The summed E-state index contributed by atoms with van der Waals surface area (Å²) in [5.74, 6) is 1.84. The van der Waals surface area contributed by atoms with Gasteiger partial charge in [0.05, 0.1) is 0 Å². The molecule has 0 unspecified atom stereocenters. The third-order valence-electron chi connectivity index (χ3n) is 9.35. The molecule has 0 radical (unpaired) electrons. The van der Waals surface area contributed by atoms with Gasteiger partial charge in [0.15, 0.2) is 17.5 Å². The van der Waals surface area contributed by atoms with Crippen molar-refractivity contribution in [2.45, 2.75) is 0 Å². The van der Waals surface area contributed by atoms with E-state index >= 15 is 0 Å². The van der Waals surface area contributed by atoms with Gasteiger partial charge in [-0.1, -0.05) is 133 Å². The molecule has 0 aliphatic rings. The number of rotatable bonds is 5. The fourth-order valence-corrected chi connectivity index (χ4v) is 8.12. The van der Waals surface area contributed by atoms with E-state index in [4.69, 9.17) is 19.4 Å². The van der Waals surface area contributed by atoms with E-state index in [1.165, 1.54) is 20.3 Å². The van der Waals surface area contributed by atoms with Gasteiger partial charge >= 0.3 is 0 Å². The molecule has 0 amide bonds. The zero-order valence-corrected chi connectivity index (χ0v) is 27.6. The largest absolute Gasteiger partial charge is 0.456 e. The number of hydrogen-bond acceptors (Lipinski definition) is 5. The van der Waals surface area contributed by atoms with Gasteiger partial charge in [0, 0.05) is 47.6 Å². The molecule has 0 aliphatic heterocycles. The Hall–Kier alpha value is -6.43. The van der Waals surface area contributed by atoms with Crippen LogP contribution in [0.2, 0.25) is 0 Å². The Kier molecular flexibility index (Phi) is 6.64. The average Bonchev–Trinajstić information content (AvgIpc) is 3.77. The Balaban J connectivity index is 1.23. The Morgan fingerprint density at radius 1 is 0.360 bits per heavy atom. The van der Waals surface area contributed by atoms with E-state index in [1.807, 2.05) is 24.3 Å². The molecule has 10 rings (SSSR count). The van der Waals surface area contributed by atoms with Gasteiger partial charge in [-0.05, 0) is 52.6 Å². The summed E-state index contributed by atoms with van der Waals surface area (Å²) in [5.41, 5.74) is 8.90. The normalized spacial score (nSPS) is 11.6. The van der Waals surface area contributed by atoms with Crippen LogP contribution in [0.25, 0.3) is 98.5 Å². The van der Waals surface area contributed by atoms with Crippen LogP contribution in [-0.4, -0.2) is 15.0 Å². The second-order valence-electron chi connectivity index (χ2n) is 12.4. The zero-order valence-electron chi connectivity index (χ0n) is 26.7. The van der Waals surface area contributed by atoms with Crippen molar-refractivity contribution in [3.8, 4) is 56.4 Å². The van der Waals surface area contributed by atoms with Crippen LogP contribution in [0, 0.1) is 0 Å². The number of hydrogen-bond donors (Lipinski definition) is 0. The monoisotopic (exact) mass is 657 g/mol. The van der Waals surface area contributed by atoms with Crippen molar-refractivity contribution in [1.29, 1.82) is 0 Å². The van der Waals surface area contributed by atoms with Gasteiger partial charge in [0.1, 0.15) is 11.2 Å². The predicted octanol–water partition coefficient (Wildman–Crippen LogP) is 12.5. The number of thiophene rings is 1.